The quantitative estimate of drug-likeness (QED) is 0.493. The number of hydrogen-bond acceptors (Lipinski definition) is 4. The van der Waals surface area contributed by atoms with Gasteiger partial charge in [0.15, 0.2) is 11.5 Å². The van der Waals surface area contributed by atoms with Crippen LogP contribution in [0.3, 0.4) is 0 Å². The molecule has 0 radical (unpaired) electrons. The Hall–Kier alpha value is -3.58. The fraction of sp³-hybridized carbons (Fsp3) is 0.136. The Morgan fingerprint density at radius 2 is 1.73 bits per heavy atom. The number of aromatic nitrogens is 4. The van der Waals surface area contributed by atoms with Gasteiger partial charge in [0.1, 0.15) is 5.75 Å². The van der Waals surface area contributed by atoms with Gasteiger partial charge in [-0.3, -0.25) is 4.79 Å². The number of nitrogens with zero attached hydrogens (tertiary/aromatic N) is 4. The van der Waals surface area contributed by atoms with Crippen molar-refractivity contribution in [3.63, 3.8) is 0 Å². The van der Waals surface area contributed by atoms with Gasteiger partial charge >= 0.3 is 0 Å². The lowest BCUT2D eigenvalue weighted by atomic mass is 10.2. The molecule has 2 aromatic carbocycles. The minimum Gasteiger partial charge on any atom is -0.496 e. The number of amides is 1. The third kappa shape index (κ3) is 4.06. The van der Waals surface area contributed by atoms with Gasteiger partial charge in [-0.2, -0.15) is 0 Å². The first-order chi connectivity index (χ1) is 14.7. The summed E-state index contributed by atoms with van der Waals surface area (Å²) in [5, 5.41) is 11.9. The van der Waals surface area contributed by atoms with Gasteiger partial charge in [0.05, 0.1) is 13.7 Å². The summed E-state index contributed by atoms with van der Waals surface area (Å²) in [5.74, 6) is 0.957. The van der Waals surface area contributed by atoms with E-state index in [0.717, 1.165) is 11.1 Å². The molecule has 0 unspecified atom stereocenters. The Kier molecular flexibility index (Phi) is 5.81. The lowest BCUT2D eigenvalue weighted by Crippen LogP contribution is -2.25. The molecular formula is C22H20ClN5O2. The molecule has 1 amide bonds. The van der Waals surface area contributed by atoms with E-state index in [-0.39, 0.29) is 11.6 Å². The predicted molar refractivity (Wildman–Crippen MR) is 114 cm³/mol. The van der Waals surface area contributed by atoms with Crippen LogP contribution in [0.25, 0.3) is 5.82 Å². The van der Waals surface area contributed by atoms with Gasteiger partial charge in [-0.1, -0.05) is 53.2 Å². The maximum Gasteiger partial charge on any atom is 0.276 e. The SMILES string of the molecule is COc1ccccc1CNC(=O)c1nnn(Cc2ccccc2Cl)c1-n1cccc1. The van der Waals surface area contributed by atoms with Crippen molar-refractivity contribution in [3.05, 3.63) is 94.9 Å². The average molecular weight is 422 g/mol. The van der Waals surface area contributed by atoms with Crippen molar-refractivity contribution in [2.24, 2.45) is 0 Å². The van der Waals surface area contributed by atoms with Gasteiger partial charge in [-0.15, -0.1) is 5.10 Å². The minimum atomic E-state index is -0.324. The van der Waals surface area contributed by atoms with Crippen LogP contribution in [-0.2, 0) is 13.1 Å². The van der Waals surface area contributed by atoms with E-state index in [1.54, 1.807) is 11.8 Å². The number of methoxy groups -OCH3 is 1. The zero-order valence-electron chi connectivity index (χ0n) is 16.3. The number of carbonyl (C=O) groups is 1. The molecule has 2 heterocycles. The number of para-hydroxylation sites is 1. The highest BCUT2D eigenvalue weighted by molar-refractivity contribution is 6.31. The molecule has 0 spiro atoms. The number of ether oxygens (including phenoxy) is 1. The van der Waals surface area contributed by atoms with Gasteiger partial charge in [-0.25, -0.2) is 4.68 Å². The zero-order valence-corrected chi connectivity index (χ0v) is 17.1. The topological polar surface area (TPSA) is 74.0 Å². The van der Waals surface area contributed by atoms with Crippen LogP contribution in [0.1, 0.15) is 21.6 Å². The van der Waals surface area contributed by atoms with E-state index in [1.807, 2.05) is 77.6 Å². The summed E-state index contributed by atoms with van der Waals surface area (Å²) in [7, 11) is 1.60. The van der Waals surface area contributed by atoms with Crippen molar-refractivity contribution >= 4 is 17.5 Å². The number of benzene rings is 2. The molecule has 8 heteroatoms. The summed E-state index contributed by atoms with van der Waals surface area (Å²) >= 11 is 6.31. The fourth-order valence-electron chi connectivity index (χ4n) is 3.19. The molecule has 4 rings (SSSR count). The van der Waals surface area contributed by atoms with Crippen molar-refractivity contribution < 1.29 is 9.53 Å². The van der Waals surface area contributed by atoms with Crippen LogP contribution in [-0.4, -0.2) is 32.6 Å². The second-order valence-electron chi connectivity index (χ2n) is 6.60. The van der Waals surface area contributed by atoms with Crippen molar-refractivity contribution in [2.75, 3.05) is 7.11 Å². The first-order valence-electron chi connectivity index (χ1n) is 9.37. The van der Waals surface area contributed by atoms with Gasteiger partial charge in [0.2, 0.25) is 0 Å². The van der Waals surface area contributed by atoms with E-state index < -0.39 is 0 Å². The molecule has 30 heavy (non-hydrogen) atoms. The number of rotatable bonds is 7. The number of halogens is 1. The third-order valence-electron chi connectivity index (χ3n) is 4.68. The molecule has 0 saturated carbocycles. The van der Waals surface area contributed by atoms with Crippen LogP contribution in [0.4, 0.5) is 0 Å². The Bertz CT molecular complexity index is 1150. The van der Waals surface area contributed by atoms with Crippen molar-refractivity contribution in [3.8, 4) is 11.6 Å². The second kappa shape index (κ2) is 8.84. The highest BCUT2D eigenvalue weighted by atomic mass is 35.5. The van der Waals surface area contributed by atoms with Crippen LogP contribution < -0.4 is 10.1 Å². The fourth-order valence-corrected chi connectivity index (χ4v) is 3.38. The van der Waals surface area contributed by atoms with Crippen LogP contribution in [0.2, 0.25) is 5.02 Å². The van der Waals surface area contributed by atoms with E-state index in [1.165, 1.54) is 0 Å². The normalized spacial score (nSPS) is 10.7. The number of nitrogens with one attached hydrogen (secondary N) is 1. The maximum absolute atomic E-state index is 13.0. The van der Waals surface area contributed by atoms with E-state index in [2.05, 4.69) is 15.6 Å². The number of hydrogen-bond donors (Lipinski definition) is 1. The van der Waals surface area contributed by atoms with Crippen molar-refractivity contribution in [2.45, 2.75) is 13.1 Å². The average Bonchev–Trinajstić information content (AvgIpc) is 3.43. The first-order valence-corrected chi connectivity index (χ1v) is 9.75. The molecule has 0 bridgehead atoms. The summed E-state index contributed by atoms with van der Waals surface area (Å²) in [6.07, 6.45) is 3.69. The third-order valence-corrected chi connectivity index (χ3v) is 5.05. The molecule has 0 aliphatic carbocycles. The van der Waals surface area contributed by atoms with E-state index in [4.69, 9.17) is 16.3 Å². The molecule has 0 aliphatic rings. The standard InChI is InChI=1S/C22H20ClN5O2/c1-30-19-11-5-3-8-16(19)14-24-21(29)20-22(27-12-6-7-13-27)28(26-25-20)15-17-9-2-4-10-18(17)23/h2-13H,14-15H2,1H3,(H,24,29). The van der Waals surface area contributed by atoms with Crippen LogP contribution in [0.15, 0.2) is 73.1 Å². The van der Waals surface area contributed by atoms with Crippen LogP contribution in [0.5, 0.6) is 5.75 Å². The molecule has 0 aliphatic heterocycles. The summed E-state index contributed by atoms with van der Waals surface area (Å²) in [6, 6.07) is 18.8. The largest absolute Gasteiger partial charge is 0.496 e. The van der Waals surface area contributed by atoms with E-state index >= 15 is 0 Å². The van der Waals surface area contributed by atoms with Gasteiger partial charge < -0.3 is 14.6 Å². The lowest BCUT2D eigenvalue weighted by molar-refractivity contribution is 0.0945. The summed E-state index contributed by atoms with van der Waals surface area (Å²) in [6.45, 7) is 0.700. The second-order valence-corrected chi connectivity index (χ2v) is 7.00. The Morgan fingerprint density at radius 1 is 1.03 bits per heavy atom. The first kappa shape index (κ1) is 19.7. The van der Waals surface area contributed by atoms with Gasteiger partial charge in [-0.05, 0) is 29.8 Å². The molecule has 0 fully saturated rings. The number of carbonyl (C=O) groups excluding carboxylic acids is 1. The maximum atomic E-state index is 13.0. The summed E-state index contributed by atoms with van der Waals surface area (Å²) in [5.41, 5.74) is 1.99. The molecule has 2 aromatic heterocycles. The van der Waals surface area contributed by atoms with Crippen molar-refractivity contribution in [1.82, 2.24) is 24.9 Å². The summed E-state index contributed by atoms with van der Waals surface area (Å²) in [4.78, 5) is 13.0. The van der Waals surface area contributed by atoms with Gasteiger partial charge in [0, 0.05) is 29.5 Å². The predicted octanol–water partition coefficient (Wildman–Crippen LogP) is 3.71. The van der Waals surface area contributed by atoms with Crippen molar-refractivity contribution in [1.29, 1.82) is 0 Å². The highest BCUT2D eigenvalue weighted by Crippen LogP contribution is 2.20. The molecular weight excluding hydrogens is 402 g/mol. The molecule has 4 aromatic rings. The molecule has 7 nitrogen and oxygen atoms in total. The van der Waals surface area contributed by atoms with Gasteiger partial charge in [0.25, 0.3) is 5.91 Å². The highest BCUT2D eigenvalue weighted by Gasteiger charge is 2.21. The van der Waals surface area contributed by atoms with E-state index in [9.17, 15) is 4.79 Å². The minimum absolute atomic E-state index is 0.230. The molecule has 0 atom stereocenters. The smallest absolute Gasteiger partial charge is 0.276 e. The summed E-state index contributed by atoms with van der Waals surface area (Å²) < 4.78 is 8.83. The Morgan fingerprint density at radius 3 is 2.47 bits per heavy atom. The van der Waals surface area contributed by atoms with Crippen LogP contribution in [0, 0.1) is 0 Å². The molecule has 152 valence electrons. The Labute approximate surface area is 178 Å². The zero-order chi connectivity index (χ0) is 20.9. The molecule has 0 saturated heterocycles. The molecule has 1 N–H and O–H groups in total. The van der Waals surface area contributed by atoms with E-state index in [0.29, 0.717) is 29.7 Å². The monoisotopic (exact) mass is 421 g/mol. The van der Waals surface area contributed by atoms with Crippen LogP contribution >= 0.6 is 11.6 Å². The lowest BCUT2D eigenvalue weighted by Gasteiger charge is -2.11. The Balaban J connectivity index is 1.62.